The molecule has 0 aromatic heterocycles. The molecule has 0 heterocycles. The van der Waals surface area contributed by atoms with Crippen LogP contribution < -0.4 is 0 Å². The summed E-state index contributed by atoms with van der Waals surface area (Å²) in [5.41, 5.74) is 1.31. The van der Waals surface area contributed by atoms with Crippen molar-refractivity contribution in [1.29, 1.82) is 0 Å². The summed E-state index contributed by atoms with van der Waals surface area (Å²) in [6, 6.07) is 9.85. The highest BCUT2D eigenvalue weighted by atomic mass is 16.5. The average molecular weight is 260 g/mol. The number of rotatable bonds is 4. The van der Waals surface area contributed by atoms with Gasteiger partial charge in [-0.05, 0) is 35.7 Å². The summed E-state index contributed by atoms with van der Waals surface area (Å²) >= 11 is 0. The molecule has 1 aliphatic carbocycles. The van der Waals surface area contributed by atoms with Gasteiger partial charge in [-0.3, -0.25) is 4.79 Å². The number of ether oxygens (including phenoxy) is 1. The highest BCUT2D eigenvalue weighted by molar-refractivity contribution is 5.69. The second-order valence-electron chi connectivity index (χ2n) is 6.35. The molecule has 19 heavy (non-hydrogen) atoms. The molecule has 2 rings (SSSR count). The van der Waals surface area contributed by atoms with E-state index >= 15 is 0 Å². The molecule has 2 atom stereocenters. The van der Waals surface area contributed by atoms with Crippen molar-refractivity contribution in [1.82, 2.24) is 0 Å². The highest BCUT2D eigenvalue weighted by Crippen LogP contribution is 2.48. The second kappa shape index (κ2) is 5.77. The minimum atomic E-state index is -0.0592. The molecule has 2 nitrogen and oxygen atoms in total. The Hall–Kier alpha value is -1.31. The molecule has 1 aliphatic rings. The van der Waals surface area contributed by atoms with Gasteiger partial charge in [0.1, 0.15) is 6.61 Å². The minimum Gasteiger partial charge on any atom is -0.461 e. The minimum absolute atomic E-state index is 0.0592. The van der Waals surface area contributed by atoms with E-state index in [9.17, 15) is 4.79 Å². The fourth-order valence-corrected chi connectivity index (χ4v) is 2.96. The Morgan fingerprint density at radius 2 is 1.95 bits per heavy atom. The Morgan fingerprint density at radius 3 is 2.53 bits per heavy atom. The van der Waals surface area contributed by atoms with Gasteiger partial charge in [-0.25, -0.2) is 0 Å². The van der Waals surface area contributed by atoms with E-state index in [1.807, 2.05) is 30.3 Å². The van der Waals surface area contributed by atoms with Gasteiger partial charge in [0.2, 0.25) is 0 Å². The van der Waals surface area contributed by atoms with Crippen molar-refractivity contribution in [3.8, 4) is 0 Å². The molecule has 1 fully saturated rings. The second-order valence-corrected chi connectivity index (χ2v) is 6.35. The molecule has 0 radical (unpaired) electrons. The standard InChI is InChI=1S/C17H24O2/c1-13-9-10-15(17(13,2)3)11-16(18)19-12-14-7-5-4-6-8-14/h4-8,13,15H,9-12H2,1-3H3/t13-,15+/m1/s1. The van der Waals surface area contributed by atoms with Gasteiger partial charge < -0.3 is 4.74 Å². The Balaban J connectivity index is 1.82. The summed E-state index contributed by atoms with van der Waals surface area (Å²) in [7, 11) is 0. The third-order valence-corrected chi connectivity index (χ3v) is 4.93. The van der Waals surface area contributed by atoms with Gasteiger partial charge in [0.25, 0.3) is 0 Å². The summed E-state index contributed by atoms with van der Waals surface area (Å²) in [5, 5.41) is 0. The number of carbonyl (C=O) groups is 1. The van der Waals surface area contributed by atoms with Crippen LogP contribution in [0, 0.1) is 17.3 Å². The molecule has 104 valence electrons. The lowest BCUT2D eigenvalue weighted by atomic mass is 9.75. The molecule has 2 heteroatoms. The molecule has 1 saturated carbocycles. The number of hydrogen-bond acceptors (Lipinski definition) is 2. The molecule has 0 aliphatic heterocycles. The van der Waals surface area contributed by atoms with E-state index in [1.54, 1.807) is 0 Å². The highest BCUT2D eigenvalue weighted by Gasteiger charge is 2.41. The quantitative estimate of drug-likeness (QED) is 0.759. The van der Waals surface area contributed by atoms with E-state index in [4.69, 9.17) is 4.74 Å². The Labute approximate surface area is 116 Å². The molecule has 1 aromatic carbocycles. The molecule has 0 saturated heterocycles. The Morgan fingerprint density at radius 1 is 1.26 bits per heavy atom. The summed E-state index contributed by atoms with van der Waals surface area (Å²) < 4.78 is 5.38. The van der Waals surface area contributed by atoms with Crippen LogP contribution in [0.1, 0.15) is 45.6 Å². The Kier molecular flexibility index (Phi) is 4.28. The van der Waals surface area contributed by atoms with Crippen molar-refractivity contribution < 1.29 is 9.53 Å². The molecule has 0 spiro atoms. The third-order valence-electron chi connectivity index (χ3n) is 4.93. The lowest BCUT2D eigenvalue weighted by Gasteiger charge is -2.30. The van der Waals surface area contributed by atoms with Crippen LogP contribution in [-0.4, -0.2) is 5.97 Å². The fourth-order valence-electron chi connectivity index (χ4n) is 2.96. The van der Waals surface area contributed by atoms with Crippen LogP contribution in [0.15, 0.2) is 30.3 Å². The van der Waals surface area contributed by atoms with Crippen molar-refractivity contribution in [2.75, 3.05) is 0 Å². The van der Waals surface area contributed by atoms with E-state index < -0.39 is 0 Å². The van der Waals surface area contributed by atoms with Crippen LogP contribution >= 0.6 is 0 Å². The van der Waals surface area contributed by atoms with Crippen molar-refractivity contribution in [3.05, 3.63) is 35.9 Å². The number of benzene rings is 1. The lowest BCUT2D eigenvalue weighted by molar-refractivity contribution is -0.147. The van der Waals surface area contributed by atoms with E-state index in [-0.39, 0.29) is 11.4 Å². The monoisotopic (exact) mass is 260 g/mol. The predicted octanol–water partition coefficient (Wildman–Crippen LogP) is 4.19. The Bertz CT molecular complexity index is 422. The van der Waals surface area contributed by atoms with Gasteiger partial charge in [0, 0.05) is 6.42 Å². The maximum absolute atomic E-state index is 11.9. The van der Waals surface area contributed by atoms with Crippen LogP contribution in [-0.2, 0) is 16.1 Å². The zero-order valence-corrected chi connectivity index (χ0v) is 12.2. The van der Waals surface area contributed by atoms with Crippen LogP contribution in [0.4, 0.5) is 0 Å². The van der Waals surface area contributed by atoms with Crippen LogP contribution in [0.2, 0.25) is 0 Å². The topological polar surface area (TPSA) is 26.3 Å². The van der Waals surface area contributed by atoms with Gasteiger partial charge >= 0.3 is 5.97 Å². The maximum Gasteiger partial charge on any atom is 0.306 e. The van der Waals surface area contributed by atoms with Gasteiger partial charge in [0.15, 0.2) is 0 Å². The van der Waals surface area contributed by atoms with Gasteiger partial charge in [0.05, 0.1) is 0 Å². The van der Waals surface area contributed by atoms with E-state index in [0.29, 0.717) is 24.9 Å². The lowest BCUT2D eigenvalue weighted by Crippen LogP contribution is -2.26. The first kappa shape index (κ1) is 14.1. The fraction of sp³-hybridized carbons (Fsp3) is 0.588. The van der Waals surface area contributed by atoms with E-state index in [0.717, 1.165) is 12.0 Å². The first-order valence-electron chi connectivity index (χ1n) is 7.19. The molecule has 0 unspecified atom stereocenters. The number of esters is 1. The van der Waals surface area contributed by atoms with Crippen LogP contribution in [0.25, 0.3) is 0 Å². The van der Waals surface area contributed by atoms with Crippen molar-refractivity contribution in [2.45, 2.75) is 46.6 Å². The number of carbonyl (C=O) groups excluding carboxylic acids is 1. The first-order valence-corrected chi connectivity index (χ1v) is 7.19. The number of hydrogen-bond donors (Lipinski definition) is 0. The van der Waals surface area contributed by atoms with Crippen LogP contribution in [0.3, 0.4) is 0 Å². The zero-order chi connectivity index (χ0) is 13.9. The SMILES string of the molecule is C[C@@H]1CC[C@@H](CC(=O)OCc2ccccc2)C1(C)C. The summed E-state index contributed by atoms with van der Waals surface area (Å²) in [6.45, 7) is 7.23. The van der Waals surface area contributed by atoms with Gasteiger partial charge in [-0.15, -0.1) is 0 Å². The molecule has 0 N–H and O–H groups in total. The molecular formula is C17H24O2. The normalized spacial score (nSPS) is 25.2. The molecule has 0 bridgehead atoms. The smallest absolute Gasteiger partial charge is 0.306 e. The molecular weight excluding hydrogens is 236 g/mol. The summed E-state index contributed by atoms with van der Waals surface area (Å²) in [5.74, 6) is 1.10. The van der Waals surface area contributed by atoms with Gasteiger partial charge in [-0.2, -0.15) is 0 Å². The van der Waals surface area contributed by atoms with Gasteiger partial charge in [-0.1, -0.05) is 51.1 Å². The summed E-state index contributed by atoms with van der Waals surface area (Å²) in [6.07, 6.45) is 2.93. The molecule has 1 aromatic rings. The zero-order valence-electron chi connectivity index (χ0n) is 12.2. The predicted molar refractivity (Wildman–Crippen MR) is 76.5 cm³/mol. The van der Waals surface area contributed by atoms with Crippen molar-refractivity contribution in [2.24, 2.45) is 17.3 Å². The molecule has 0 amide bonds. The van der Waals surface area contributed by atoms with E-state index in [2.05, 4.69) is 20.8 Å². The van der Waals surface area contributed by atoms with Crippen molar-refractivity contribution in [3.63, 3.8) is 0 Å². The van der Waals surface area contributed by atoms with Crippen molar-refractivity contribution >= 4 is 5.97 Å². The third kappa shape index (κ3) is 3.37. The van der Waals surface area contributed by atoms with Crippen LogP contribution in [0.5, 0.6) is 0 Å². The first-order chi connectivity index (χ1) is 9.00. The average Bonchev–Trinajstić information content (AvgIpc) is 2.64. The maximum atomic E-state index is 11.9. The van der Waals surface area contributed by atoms with E-state index in [1.165, 1.54) is 6.42 Å². The summed E-state index contributed by atoms with van der Waals surface area (Å²) in [4.78, 5) is 11.9. The largest absolute Gasteiger partial charge is 0.461 e.